The third kappa shape index (κ3) is 4.40. The molecule has 0 spiro atoms. The van der Waals surface area contributed by atoms with Crippen LogP contribution in [0.2, 0.25) is 10.0 Å². The van der Waals surface area contributed by atoms with E-state index in [0.29, 0.717) is 22.3 Å². The maximum atomic E-state index is 6.43. The number of fused-ring (bicyclic) bond motifs is 1. The molecule has 0 radical (unpaired) electrons. The van der Waals surface area contributed by atoms with Crippen LogP contribution in [-0.2, 0) is 0 Å². The molecule has 0 atom stereocenters. The van der Waals surface area contributed by atoms with Crippen molar-refractivity contribution in [3.8, 4) is 22.8 Å². The normalized spacial score (nSPS) is 13.4. The Balaban J connectivity index is 1.79. The molecule has 4 rings (SSSR count). The first-order valence-electron chi connectivity index (χ1n) is 8.76. The van der Waals surface area contributed by atoms with Gasteiger partial charge >= 0.3 is 0 Å². The molecular weight excluding hydrogens is 429 g/mol. The summed E-state index contributed by atoms with van der Waals surface area (Å²) in [5, 5.41) is 7.82. The maximum absolute atomic E-state index is 6.43. The van der Waals surface area contributed by atoms with Gasteiger partial charge in [-0.1, -0.05) is 35.4 Å². The van der Waals surface area contributed by atoms with Crippen LogP contribution >= 0.6 is 34.5 Å². The molecule has 3 aromatic rings. The Labute approximate surface area is 182 Å². The standard InChI is InChI=1S/C21H17Cl2N3O2S/c1-13(2)9-24-21-26(18(11-29-21)16-8-15(22)4-5-17(16)23)25-10-14-3-6-19-20(7-14)28-12-27-19/h3-8,10-11H,1,9,12H2,2H3. The lowest BCUT2D eigenvalue weighted by Gasteiger charge is -2.06. The van der Waals surface area contributed by atoms with Gasteiger partial charge < -0.3 is 9.47 Å². The fourth-order valence-electron chi connectivity index (χ4n) is 2.72. The summed E-state index contributed by atoms with van der Waals surface area (Å²) >= 11 is 14.1. The van der Waals surface area contributed by atoms with Crippen LogP contribution < -0.4 is 14.3 Å². The number of ether oxygens (including phenoxy) is 2. The van der Waals surface area contributed by atoms with E-state index in [9.17, 15) is 0 Å². The first-order chi connectivity index (χ1) is 14.0. The van der Waals surface area contributed by atoms with Crippen LogP contribution in [0.25, 0.3) is 11.3 Å². The predicted molar refractivity (Wildman–Crippen MR) is 119 cm³/mol. The van der Waals surface area contributed by atoms with Crippen LogP contribution in [0, 0.1) is 0 Å². The minimum Gasteiger partial charge on any atom is -0.454 e. The van der Waals surface area contributed by atoms with Crippen molar-refractivity contribution in [2.75, 3.05) is 13.3 Å². The molecule has 0 fully saturated rings. The molecule has 1 aliphatic heterocycles. The van der Waals surface area contributed by atoms with Crippen LogP contribution in [0.3, 0.4) is 0 Å². The van der Waals surface area contributed by atoms with Crippen molar-refractivity contribution in [1.29, 1.82) is 0 Å². The highest BCUT2D eigenvalue weighted by Crippen LogP contribution is 2.33. The van der Waals surface area contributed by atoms with E-state index in [1.54, 1.807) is 23.0 Å². The van der Waals surface area contributed by atoms with E-state index in [4.69, 9.17) is 32.7 Å². The highest BCUT2D eigenvalue weighted by molar-refractivity contribution is 7.07. The third-order valence-electron chi connectivity index (χ3n) is 4.09. The number of thiazole rings is 1. The topological polar surface area (TPSA) is 48.1 Å². The van der Waals surface area contributed by atoms with Gasteiger partial charge in [0.25, 0.3) is 0 Å². The van der Waals surface area contributed by atoms with Crippen LogP contribution in [-0.4, -0.2) is 24.2 Å². The SMILES string of the molecule is C=C(C)CN=c1scc(-c2cc(Cl)ccc2Cl)n1N=Cc1ccc2c(c1)OCO2. The fraction of sp³-hybridized carbons (Fsp3) is 0.143. The molecule has 0 saturated carbocycles. The van der Waals surface area contributed by atoms with Crippen molar-refractivity contribution in [3.63, 3.8) is 0 Å². The zero-order chi connectivity index (χ0) is 20.4. The van der Waals surface area contributed by atoms with Crippen LogP contribution in [0.15, 0.2) is 64.0 Å². The third-order valence-corrected chi connectivity index (χ3v) is 5.51. The van der Waals surface area contributed by atoms with Gasteiger partial charge in [-0.05, 0) is 48.9 Å². The lowest BCUT2D eigenvalue weighted by atomic mass is 10.2. The Hall–Kier alpha value is -2.54. The van der Waals surface area contributed by atoms with Gasteiger partial charge in [0.05, 0.1) is 23.5 Å². The van der Waals surface area contributed by atoms with Gasteiger partial charge in [0.2, 0.25) is 11.6 Å². The first-order valence-corrected chi connectivity index (χ1v) is 10.4. The molecule has 0 bridgehead atoms. The largest absolute Gasteiger partial charge is 0.454 e. The van der Waals surface area contributed by atoms with E-state index in [2.05, 4.69) is 16.7 Å². The summed E-state index contributed by atoms with van der Waals surface area (Å²) in [7, 11) is 0. The molecule has 0 N–H and O–H groups in total. The quantitative estimate of drug-likeness (QED) is 0.378. The molecule has 0 amide bonds. The number of rotatable bonds is 5. The molecule has 0 saturated heterocycles. The van der Waals surface area contributed by atoms with Gasteiger partial charge in [-0.25, -0.2) is 4.68 Å². The van der Waals surface area contributed by atoms with Gasteiger partial charge in [-0.15, -0.1) is 11.3 Å². The lowest BCUT2D eigenvalue weighted by molar-refractivity contribution is 0.174. The van der Waals surface area contributed by atoms with Crippen molar-refractivity contribution < 1.29 is 9.47 Å². The Morgan fingerprint density at radius 3 is 2.86 bits per heavy atom. The number of benzene rings is 2. The molecule has 0 unspecified atom stereocenters. The van der Waals surface area contributed by atoms with Crippen LogP contribution in [0.1, 0.15) is 12.5 Å². The Morgan fingerprint density at radius 2 is 2.03 bits per heavy atom. The van der Waals surface area contributed by atoms with E-state index in [1.807, 2.05) is 36.6 Å². The Kier molecular flexibility index (Phi) is 5.76. The summed E-state index contributed by atoms with van der Waals surface area (Å²) < 4.78 is 12.6. The number of aromatic nitrogens is 1. The Morgan fingerprint density at radius 1 is 1.21 bits per heavy atom. The molecule has 1 aliphatic rings. The summed E-state index contributed by atoms with van der Waals surface area (Å²) in [6.07, 6.45) is 1.75. The molecule has 29 heavy (non-hydrogen) atoms. The molecule has 5 nitrogen and oxygen atoms in total. The van der Waals surface area contributed by atoms with Gasteiger partial charge in [0.15, 0.2) is 11.5 Å². The maximum Gasteiger partial charge on any atom is 0.231 e. The van der Waals surface area contributed by atoms with Gasteiger partial charge in [-0.3, -0.25) is 4.99 Å². The zero-order valence-corrected chi connectivity index (χ0v) is 17.9. The fourth-order valence-corrected chi connectivity index (χ4v) is 3.93. The molecule has 0 aliphatic carbocycles. The number of halogens is 2. The number of hydrogen-bond donors (Lipinski definition) is 0. The zero-order valence-electron chi connectivity index (χ0n) is 15.6. The summed E-state index contributed by atoms with van der Waals surface area (Å²) in [5.41, 5.74) is 3.43. The molecule has 148 valence electrons. The highest BCUT2D eigenvalue weighted by atomic mass is 35.5. The highest BCUT2D eigenvalue weighted by Gasteiger charge is 2.14. The summed E-state index contributed by atoms with van der Waals surface area (Å²) in [6.45, 7) is 6.60. The monoisotopic (exact) mass is 445 g/mol. The van der Waals surface area contributed by atoms with Crippen molar-refractivity contribution in [2.45, 2.75) is 6.92 Å². The Bertz CT molecular complexity index is 1180. The average molecular weight is 446 g/mol. The van der Waals surface area contributed by atoms with Crippen molar-refractivity contribution >= 4 is 40.8 Å². The molecular formula is C21H17Cl2N3O2S. The van der Waals surface area contributed by atoms with E-state index < -0.39 is 0 Å². The van der Waals surface area contributed by atoms with Crippen molar-refractivity contribution in [2.24, 2.45) is 10.1 Å². The minimum atomic E-state index is 0.233. The smallest absolute Gasteiger partial charge is 0.231 e. The average Bonchev–Trinajstić information content (AvgIpc) is 3.32. The van der Waals surface area contributed by atoms with Gasteiger partial charge in [0.1, 0.15) is 0 Å². The van der Waals surface area contributed by atoms with Crippen LogP contribution in [0.5, 0.6) is 11.5 Å². The van der Waals surface area contributed by atoms with E-state index >= 15 is 0 Å². The molecule has 1 aromatic heterocycles. The van der Waals surface area contributed by atoms with Gasteiger partial charge in [-0.2, -0.15) is 5.10 Å². The second-order valence-corrected chi connectivity index (χ2v) is 8.15. The van der Waals surface area contributed by atoms with Gasteiger partial charge in [0, 0.05) is 16.0 Å². The number of nitrogens with zero attached hydrogens (tertiary/aromatic N) is 3. The van der Waals surface area contributed by atoms with E-state index in [-0.39, 0.29) is 6.79 Å². The summed E-state index contributed by atoms with van der Waals surface area (Å²) in [4.78, 5) is 5.35. The van der Waals surface area contributed by atoms with E-state index in [0.717, 1.165) is 32.9 Å². The van der Waals surface area contributed by atoms with Crippen molar-refractivity contribution in [3.05, 3.63) is 74.3 Å². The number of hydrogen-bond acceptors (Lipinski definition) is 5. The molecule has 2 heterocycles. The molecule has 8 heteroatoms. The lowest BCUT2D eigenvalue weighted by Crippen LogP contribution is -2.13. The molecule has 2 aromatic carbocycles. The summed E-state index contributed by atoms with van der Waals surface area (Å²) in [6, 6.07) is 11.0. The van der Waals surface area contributed by atoms with Crippen molar-refractivity contribution in [1.82, 2.24) is 4.68 Å². The second kappa shape index (κ2) is 8.45. The second-order valence-electron chi connectivity index (χ2n) is 6.47. The first kappa shape index (κ1) is 19.8. The minimum absolute atomic E-state index is 0.233. The predicted octanol–water partition coefficient (Wildman–Crippen LogP) is 5.61. The summed E-state index contributed by atoms with van der Waals surface area (Å²) in [5.74, 6) is 1.43. The van der Waals surface area contributed by atoms with E-state index in [1.165, 1.54) is 11.3 Å². The van der Waals surface area contributed by atoms with Crippen LogP contribution in [0.4, 0.5) is 0 Å².